The van der Waals surface area contributed by atoms with E-state index in [1.807, 2.05) is 19.1 Å². The van der Waals surface area contributed by atoms with E-state index in [-0.39, 0.29) is 17.6 Å². The predicted octanol–water partition coefficient (Wildman–Crippen LogP) is 3.82. The average Bonchev–Trinajstić information content (AvgIpc) is 2.59. The summed E-state index contributed by atoms with van der Waals surface area (Å²) >= 11 is 0. The number of carboxylic acids is 1. The van der Waals surface area contributed by atoms with Gasteiger partial charge in [0.25, 0.3) is 0 Å². The van der Waals surface area contributed by atoms with Crippen molar-refractivity contribution in [2.24, 2.45) is 0 Å². The Bertz CT molecular complexity index is 686. The number of hydrogen-bond acceptors (Lipinski definition) is 3. The third-order valence-corrected chi connectivity index (χ3v) is 3.97. The highest BCUT2D eigenvalue weighted by molar-refractivity contribution is 5.87. The number of aryl methyl sites for hydroxylation is 1. The average molecular weight is 331 g/mol. The normalized spacial score (nSPS) is 12.0. The lowest BCUT2D eigenvalue weighted by molar-refractivity contribution is 0.0697. The summed E-state index contributed by atoms with van der Waals surface area (Å²) in [4.78, 5) is 10.8. The van der Waals surface area contributed by atoms with Gasteiger partial charge in [0.15, 0.2) is 11.6 Å². The maximum atomic E-state index is 13.4. The number of methoxy groups -OCH3 is 1. The molecule has 0 saturated carbocycles. The van der Waals surface area contributed by atoms with Crippen LogP contribution in [0, 0.1) is 5.82 Å². The van der Waals surface area contributed by atoms with Crippen molar-refractivity contribution in [2.75, 3.05) is 13.7 Å². The first-order valence-corrected chi connectivity index (χ1v) is 7.90. The zero-order valence-electron chi connectivity index (χ0n) is 13.9. The minimum atomic E-state index is -0.910. The van der Waals surface area contributed by atoms with Crippen LogP contribution in [0.3, 0.4) is 0 Å². The van der Waals surface area contributed by atoms with Gasteiger partial charge in [0.1, 0.15) is 0 Å². The van der Waals surface area contributed by atoms with Crippen LogP contribution < -0.4 is 10.1 Å². The molecular formula is C19H22FNO3. The third kappa shape index (κ3) is 4.80. The lowest BCUT2D eigenvalue weighted by atomic mass is 10.1. The van der Waals surface area contributed by atoms with Crippen LogP contribution in [-0.2, 0) is 6.42 Å². The van der Waals surface area contributed by atoms with E-state index in [9.17, 15) is 9.18 Å². The van der Waals surface area contributed by atoms with Gasteiger partial charge < -0.3 is 15.2 Å². The van der Waals surface area contributed by atoms with Gasteiger partial charge in [0, 0.05) is 6.04 Å². The highest BCUT2D eigenvalue weighted by atomic mass is 19.1. The van der Waals surface area contributed by atoms with Crippen molar-refractivity contribution in [1.82, 2.24) is 5.32 Å². The molecule has 2 rings (SSSR count). The van der Waals surface area contributed by atoms with E-state index >= 15 is 0 Å². The van der Waals surface area contributed by atoms with Crippen LogP contribution >= 0.6 is 0 Å². The molecule has 2 N–H and O–H groups in total. The summed E-state index contributed by atoms with van der Waals surface area (Å²) in [6.07, 6.45) is 1.79. The molecular weight excluding hydrogens is 309 g/mol. The molecule has 0 radical (unpaired) electrons. The minimum Gasteiger partial charge on any atom is -0.494 e. The molecule has 0 aliphatic rings. The summed E-state index contributed by atoms with van der Waals surface area (Å²) in [5, 5.41) is 12.3. The van der Waals surface area contributed by atoms with E-state index in [1.54, 1.807) is 24.3 Å². The number of hydrogen-bond donors (Lipinski definition) is 2. The molecule has 24 heavy (non-hydrogen) atoms. The van der Waals surface area contributed by atoms with E-state index in [0.717, 1.165) is 30.5 Å². The highest BCUT2D eigenvalue weighted by Gasteiger charge is 2.09. The Morgan fingerprint density at radius 3 is 2.58 bits per heavy atom. The van der Waals surface area contributed by atoms with Crippen molar-refractivity contribution in [3.63, 3.8) is 0 Å². The summed E-state index contributed by atoms with van der Waals surface area (Å²) < 4.78 is 18.4. The second-order valence-corrected chi connectivity index (χ2v) is 5.68. The number of rotatable bonds is 8. The van der Waals surface area contributed by atoms with Crippen molar-refractivity contribution in [2.45, 2.75) is 25.8 Å². The highest BCUT2D eigenvalue weighted by Crippen LogP contribution is 2.22. The smallest absolute Gasteiger partial charge is 0.335 e. The van der Waals surface area contributed by atoms with E-state index in [0.29, 0.717) is 5.56 Å². The van der Waals surface area contributed by atoms with Crippen LogP contribution in [0.15, 0.2) is 42.5 Å². The molecule has 0 fully saturated rings. The number of carbonyl (C=O) groups is 1. The van der Waals surface area contributed by atoms with Crippen LogP contribution in [0.25, 0.3) is 0 Å². The molecule has 0 bridgehead atoms. The molecule has 0 aliphatic carbocycles. The molecule has 4 nitrogen and oxygen atoms in total. The Morgan fingerprint density at radius 2 is 1.96 bits per heavy atom. The summed E-state index contributed by atoms with van der Waals surface area (Å²) in [7, 11) is 1.45. The Balaban J connectivity index is 1.80. The summed E-state index contributed by atoms with van der Waals surface area (Å²) in [6, 6.07) is 11.9. The van der Waals surface area contributed by atoms with Gasteiger partial charge in [0.05, 0.1) is 12.7 Å². The van der Waals surface area contributed by atoms with Gasteiger partial charge in [-0.25, -0.2) is 9.18 Å². The molecule has 0 amide bonds. The van der Waals surface area contributed by atoms with Gasteiger partial charge in [-0.2, -0.15) is 0 Å². The second kappa shape index (κ2) is 8.45. The zero-order valence-corrected chi connectivity index (χ0v) is 13.9. The van der Waals surface area contributed by atoms with Crippen LogP contribution in [0.1, 0.15) is 40.9 Å². The largest absolute Gasteiger partial charge is 0.494 e. The van der Waals surface area contributed by atoms with Gasteiger partial charge in [0.2, 0.25) is 0 Å². The monoisotopic (exact) mass is 331 g/mol. The summed E-state index contributed by atoms with van der Waals surface area (Å²) in [5.41, 5.74) is 2.38. The fraction of sp³-hybridized carbons (Fsp3) is 0.316. The number of ether oxygens (including phenoxy) is 1. The van der Waals surface area contributed by atoms with Gasteiger partial charge in [-0.05, 0) is 61.7 Å². The predicted molar refractivity (Wildman–Crippen MR) is 91.1 cm³/mol. The van der Waals surface area contributed by atoms with Crippen LogP contribution in [0.2, 0.25) is 0 Å². The van der Waals surface area contributed by atoms with Crippen molar-refractivity contribution in [3.05, 3.63) is 65.0 Å². The van der Waals surface area contributed by atoms with E-state index in [4.69, 9.17) is 9.84 Å². The molecule has 0 heterocycles. The first kappa shape index (κ1) is 17.9. The van der Waals surface area contributed by atoms with Crippen molar-refractivity contribution < 1.29 is 19.0 Å². The summed E-state index contributed by atoms with van der Waals surface area (Å²) in [5.74, 6) is -1.02. The SMILES string of the molecule is COc1cc(C(C)NCCCc2ccc(C(=O)O)cc2)ccc1F. The van der Waals surface area contributed by atoms with Crippen molar-refractivity contribution in [3.8, 4) is 5.75 Å². The zero-order chi connectivity index (χ0) is 17.5. The molecule has 2 aromatic carbocycles. The number of nitrogens with one attached hydrogen (secondary N) is 1. The number of benzene rings is 2. The van der Waals surface area contributed by atoms with Gasteiger partial charge in [-0.15, -0.1) is 0 Å². The fourth-order valence-corrected chi connectivity index (χ4v) is 2.49. The molecule has 0 saturated heterocycles. The van der Waals surface area contributed by atoms with Gasteiger partial charge in [-0.3, -0.25) is 0 Å². The maximum absolute atomic E-state index is 13.4. The molecule has 2 aromatic rings. The Morgan fingerprint density at radius 1 is 1.25 bits per heavy atom. The van der Waals surface area contributed by atoms with Gasteiger partial charge in [-0.1, -0.05) is 18.2 Å². The Kier molecular flexibility index (Phi) is 6.32. The van der Waals surface area contributed by atoms with E-state index in [1.165, 1.54) is 13.2 Å². The van der Waals surface area contributed by atoms with Gasteiger partial charge >= 0.3 is 5.97 Å². The first-order valence-electron chi connectivity index (χ1n) is 7.90. The van der Waals surface area contributed by atoms with Crippen molar-refractivity contribution >= 4 is 5.97 Å². The molecule has 0 spiro atoms. The van der Waals surface area contributed by atoms with E-state index < -0.39 is 5.97 Å². The quantitative estimate of drug-likeness (QED) is 0.722. The second-order valence-electron chi connectivity index (χ2n) is 5.68. The maximum Gasteiger partial charge on any atom is 0.335 e. The Hall–Kier alpha value is -2.40. The lowest BCUT2D eigenvalue weighted by Gasteiger charge is -2.15. The molecule has 1 unspecified atom stereocenters. The van der Waals surface area contributed by atoms with Crippen molar-refractivity contribution in [1.29, 1.82) is 0 Å². The molecule has 1 atom stereocenters. The van der Waals surface area contributed by atoms with Crippen LogP contribution in [0.5, 0.6) is 5.75 Å². The molecule has 0 aliphatic heterocycles. The standard InChI is InChI=1S/C19H22FNO3/c1-13(16-9-10-17(20)18(12-16)24-2)21-11-3-4-14-5-7-15(8-6-14)19(22)23/h5-10,12-13,21H,3-4,11H2,1-2H3,(H,22,23). The topological polar surface area (TPSA) is 58.6 Å². The minimum absolute atomic E-state index is 0.0916. The molecule has 5 heteroatoms. The van der Waals surface area contributed by atoms with E-state index in [2.05, 4.69) is 5.32 Å². The lowest BCUT2D eigenvalue weighted by Crippen LogP contribution is -2.20. The summed E-state index contributed by atoms with van der Waals surface area (Å²) in [6.45, 7) is 2.83. The first-order chi connectivity index (χ1) is 11.5. The third-order valence-electron chi connectivity index (χ3n) is 3.97. The number of halogens is 1. The number of carboxylic acid groups (broad SMARTS) is 1. The molecule has 0 aromatic heterocycles. The Labute approximate surface area is 141 Å². The van der Waals surface area contributed by atoms with Crippen LogP contribution in [-0.4, -0.2) is 24.7 Å². The fourth-order valence-electron chi connectivity index (χ4n) is 2.49. The van der Waals surface area contributed by atoms with Crippen LogP contribution in [0.4, 0.5) is 4.39 Å². The number of aromatic carboxylic acids is 1. The molecule has 128 valence electrons.